The van der Waals surface area contributed by atoms with Gasteiger partial charge in [0.2, 0.25) is 0 Å². The molecule has 0 saturated carbocycles. The first-order valence-corrected chi connectivity index (χ1v) is 8.30. The maximum Gasteiger partial charge on any atom is 0.254 e. The Kier molecular flexibility index (Phi) is 4.74. The van der Waals surface area contributed by atoms with Crippen LogP contribution in [0.1, 0.15) is 15.9 Å². The molecule has 0 aromatic heterocycles. The molecule has 0 aliphatic carbocycles. The predicted molar refractivity (Wildman–Crippen MR) is 77.0 cm³/mol. The summed E-state index contributed by atoms with van der Waals surface area (Å²) in [6.45, 7) is -0.0265. The fourth-order valence-electron chi connectivity index (χ4n) is 1.83. The molecule has 1 N–H and O–H groups in total. The Hall–Kier alpha value is -2.35. The van der Waals surface area contributed by atoms with Gasteiger partial charge in [0.15, 0.2) is 27.3 Å². The van der Waals surface area contributed by atoms with Crippen LogP contribution in [0.5, 0.6) is 0 Å². The zero-order valence-corrected chi connectivity index (χ0v) is 12.8. The molecule has 0 saturated heterocycles. The average Bonchev–Trinajstić information content (AvgIpc) is 2.50. The van der Waals surface area contributed by atoms with Crippen molar-refractivity contribution >= 4 is 15.7 Å². The van der Waals surface area contributed by atoms with E-state index in [1.54, 1.807) is 0 Å². The predicted octanol–water partition coefficient (Wildman–Crippen LogP) is 2.44. The first kappa shape index (κ1) is 17.0. The van der Waals surface area contributed by atoms with Gasteiger partial charge in [-0.1, -0.05) is 12.1 Å². The van der Waals surface area contributed by atoms with Gasteiger partial charge in [-0.15, -0.1) is 0 Å². The average molecular weight is 343 g/mol. The van der Waals surface area contributed by atoms with E-state index < -0.39 is 38.8 Å². The van der Waals surface area contributed by atoms with Crippen molar-refractivity contribution in [2.45, 2.75) is 11.4 Å². The van der Waals surface area contributed by atoms with Gasteiger partial charge < -0.3 is 5.32 Å². The van der Waals surface area contributed by atoms with Gasteiger partial charge in [0.1, 0.15) is 0 Å². The molecule has 4 nitrogen and oxygen atoms in total. The quantitative estimate of drug-likeness (QED) is 0.868. The fraction of sp³-hybridized carbons (Fsp3) is 0.133. The van der Waals surface area contributed by atoms with Crippen molar-refractivity contribution in [1.82, 2.24) is 5.32 Å². The Balaban J connectivity index is 2.09. The SMILES string of the molecule is CS(=O)(=O)c1ccc(CNC(=O)c2ccc(F)c(F)c2F)cc1. The monoisotopic (exact) mass is 343 g/mol. The highest BCUT2D eigenvalue weighted by Gasteiger charge is 2.18. The van der Waals surface area contributed by atoms with E-state index in [0.29, 0.717) is 11.6 Å². The van der Waals surface area contributed by atoms with E-state index in [1.807, 2.05) is 0 Å². The van der Waals surface area contributed by atoms with Crippen LogP contribution in [-0.2, 0) is 16.4 Å². The summed E-state index contributed by atoms with van der Waals surface area (Å²) in [5.41, 5.74) is -0.0506. The van der Waals surface area contributed by atoms with E-state index in [4.69, 9.17) is 0 Å². The fourth-order valence-corrected chi connectivity index (χ4v) is 2.46. The van der Waals surface area contributed by atoms with Gasteiger partial charge in [0, 0.05) is 12.8 Å². The Morgan fingerprint density at radius 3 is 2.17 bits per heavy atom. The van der Waals surface area contributed by atoms with Crippen LogP contribution in [0.4, 0.5) is 13.2 Å². The van der Waals surface area contributed by atoms with Crippen LogP contribution in [0.2, 0.25) is 0 Å². The minimum Gasteiger partial charge on any atom is -0.348 e. The lowest BCUT2D eigenvalue weighted by atomic mass is 10.1. The standard InChI is InChI=1S/C15H12F3NO3S/c1-23(21,22)10-4-2-9(3-5-10)8-19-15(20)11-6-7-12(16)14(18)13(11)17/h2-7H,8H2,1H3,(H,19,20). The first-order chi connectivity index (χ1) is 10.7. The number of benzene rings is 2. The van der Waals surface area contributed by atoms with Crippen molar-refractivity contribution in [3.05, 3.63) is 65.0 Å². The molecular weight excluding hydrogens is 331 g/mol. The van der Waals surface area contributed by atoms with Crippen molar-refractivity contribution in [1.29, 1.82) is 0 Å². The Morgan fingerprint density at radius 1 is 1.00 bits per heavy atom. The van der Waals surface area contributed by atoms with Gasteiger partial charge in [-0.2, -0.15) is 0 Å². The number of halogens is 3. The van der Waals surface area contributed by atoms with E-state index in [-0.39, 0.29) is 11.4 Å². The van der Waals surface area contributed by atoms with Crippen molar-refractivity contribution < 1.29 is 26.4 Å². The molecule has 0 aliphatic rings. The van der Waals surface area contributed by atoms with Gasteiger partial charge in [-0.05, 0) is 29.8 Å². The molecule has 0 unspecified atom stereocenters. The molecule has 1 amide bonds. The third kappa shape index (κ3) is 3.89. The number of hydrogen-bond acceptors (Lipinski definition) is 3. The molecule has 0 heterocycles. The molecule has 0 fully saturated rings. The molecular formula is C15H12F3NO3S. The van der Waals surface area contributed by atoms with Gasteiger partial charge in [0.25, 0.3) is 5.91 Å². The van der Waals surface area contributed by atoms with Crippen LogP contribution in [-0.4, -0.2) is 20.6 Å². The molecule has 0 bridgehead atoms. The Labute approximate surface area is 130 Å². The number of carbonyl (C=O) groups excluding carboxylic acids is 1. The van der Waals surface area contributed by atoms with Crippen LogP contribution in [0, 0.1) is 17.5 Å². The molecule has 2 rings (SSSR count). The lowest BCUT2D eigenvalue weighted by Gasteiger charge is -2.07. The lowest BCUT2D eigenvalue weighted by Crippen LogP contribution is -2.24. The molecule has 0 atom stereocenters. The Bertz CT molecular complexity index is 849. The Morgan fingerprint density at radius 2 is 1.61 bits per heavy atom. The maximum absolute atomic E-state index is 13.5. The summed E-state index contributed by atoms with van der Waals surface area (Å²) < 4.78 is 62.0. The van der Waals surface area contributed by atoms with Crippen molar-refractivity contribution in [2.75, 3.05) is 6.26 Å². The van der Waals surface area contributed by atoms with Crippen LogP contribution < -0.4 is 5.32 Å². The van der Waals surface area contributed by atoms with Crippen LogP contribution in [0.15, 0.2) is 41.3 Å². The van der Waals surface area contributed by atoms with Crippen LogP contribution >= 0.6 is 0 Å². The van der Waals surface area contributed by atoms with E-state index in [2.05, 4.69) is 5.32 Å². The molecule has 2 aromatic rings. The summed E-state index contributed by atoms with van der Waals surface area (Å²) in [6, 6.07) is 7.21. The van der Waals surface area contributed by atoms with Crippen LogP contribution in [0.25, 0.3) is 0 Å². The topological polar surface area (TPSA) is 63.2 Å². The second kappa shape index (κ2) is 6.41. The van der Waals surface area contributed by atoms with Crippen molar-refractivity contribution in [3.63, 3.8) is 0 Å². The summed E-state index contributed by atoms with van der Waals surface area (Å²) in [4.78, 5) is 11.9. The minimum atomic E-state index is -3.32. The van der Waals surface area contributed by atoms with E-state index in [9.17, 15) is 26.4 Å². The number of nitrogens with one attached hydrogen (secondary N) is 1. The van der Waals surface area contributed by atoms with E-state index in [0.717, 1.165) is 12.3 Å². The number of hydrogen-bond donors (Lipinski definition) is 1. The van der Waals surface area contributed by atoms with Crippen molar-refractivity contribution in [2.24, 2.45) is 0 Å². The van der Waals surface area contributed by atoms with Gasteiger partial charge in [-0.25, -0.2) is 21.6 Å². The summed E-state index contributed by atoms with van der Waals surface area (Å²) in [7, 11) is -3.32. The largest absolute Gasteiger partial charge is 0.348 e. The molecule has 0 radical (unpaired) electrons. The molecule has 0 spiro atoms. The minimum absolute atomic E-state index is 0.0265. The molecule has 8 heteroatoms. The van der Waals surface area contributed by atoms with Crippen molar-refractivity contribution in [3.8, 4) is 0 Å². The molecule has 0 aliphatic heterocycles. The van der Waals surface area contributed by atoms with E-state index in [1.165, 1.54) is 24.3 Å². The van der Waals surface area contributed by atoms with Gasteiger partial charge in [-0.3, -0.25) is 4.79 Å². The first-order valence-electron chi connectivity index (χ1n) is 6.41. The summed E-state index contributed by atoms with van der Waals surface area (Å²) >= 11 is 0. The molecule has 23 heavy (non-hydrogen) atoms. The maximum atomic E-state index is 13.5. The summed E-state index contributed by atoms with van der Waals surface area (Å²) in [5, 5.41) is 2.34. The molecule has 2 aromatic carbocycles. The second-order valence-corrected chi connectivity index (χ2v) is 6.84. The molecule has 122 valence electrons. The lowest BCUT2D eigenvalue weighted by molar-refractivity contribution is 0.0945. The normalized spacial score (nSPS) is 11.3. The number of carbonyl (C=O) groups is 1. The zero-order valence-electron chi connectivity index (χ0n) is 11.9. The number of amides is 1. The number of sulfone groups is 1. The van der Waals surface area contributed by atoms with Crippen LogP contribution in [0.3, 0.4) is 0 Å². The summed E-state index contributed by atoms with van der Waals surface area (Å²) in [5.74, 6) is -5.56. The second-order valence-electron chi connectivity index (χ2n) is 4.82. The highest BCUT2D eigenvalue weighted by molar-refractivity contribution is 7.90. The highest BCUT2D eigenvalue weighted by atomic mass is 32.2. The third-order valence-electron chi connectivity index (χ3n) is 3.08. The summed E-state index contributed by atoms with van der Waals surface area (Å²) in [6.07, 6.45) is 1.07. The van der Waals surface area contributed by atoms with E-state index >= 15 is 0 Å². The zero-order chi connectivity index (χ0) is 17.2. The number of rotatable bonds is 4. The van der Waals surface area contributed by atoms with Gasteiger partial charge >= 0.3 is 0 Å². The highest BCUT2D eigenvalue weighted by Crippen LogP contribution is 2.15. The third-order valence-corrected chi connectivity index (χ3v) is 4.21. The van der Waals surface area contributed by atoms with Gasteiger partial charge in [0.05, 0.1) is 10.5 Å². The smallest absolute Gasteiger partial charge is 0.254 e.